The monoisotopic (exact) mass is 542 g/mol. The van der Waals surface area contributed by atoms with Crippen molar-refractivity contribution >= 4 is 42.7 Å². The molecule has 3 heterocycles. The van der Waals surface area contributed by atoms with Crippen molar-refractivity contribution in [3.05, 3.63) is 30.5 Å². The SMILES string of the molecule is CC(C)(C)OC(=O)N1CCC[C@H](n2ccc3c(N4CCC(=O)N(COCC[Si](C)(C)C)C4=O)cccc32)C1. The van der Waals surface area contributed by atoms with Crippen molar-refractivity contribution in [2.75, 3.05) is 37.9 Å². The maximum Gasteiger partial charge on any atom is 0.410 e. The Morgan fingerprint density at radius 2 is 1.87 bits per heavy atom. The molecular weight excluding hydrogens is 500 g/mol. The summed E-state index contributed by atoms with van der Waals surface area (Å²) in [4.78, 5) is 43.4. The Balaban J connectivity index is 1.51. The van der Waals surface area contributed by atoms with Crippen molar-refractivity contribution in [2.45, 2.75) is 77.4 Å². The van der Waals surface area contributed by atoms with Crippen LogP contribution in [0.5, 0.6) is 0 Å². The molecule has 0 aliphatic carbocycles. The van der Waals surface area contributed by atoms with Crippen molar-refractivity contribution in [1.29, 1.82) is 0 Å². The highest BCUT2D eigenvalue weighted by molar-refractivity contribution is 6.76. The number of rotatable bonds is 7. The first-order valence-corrected chi connectivity index (χ1v) is 17.3. The fourth-order valence-electron chi connectivity index (χ4n) is 4.98. The third kappa shape index (κ3) is 6.58. The van der Waals surface area contributed by atoms with Gasteiger partial charge >= 0.3 is 12.1 Å². The molecule has 4 amide bonds. The number of anilines is 1. The van der Waals surface area contributed by atoms with Crippen LogP contribution in [0.25, 0.3) is 10.9 Å². The van der Waals surface area contributed by atoms with Gasteiger partial charge < -0.3 is 18.9 Å². The number of aromatic nitrogens is 1. The van der Waals surface area contributed by atoms with E-state index in [1.165, 1.54) is 4.90 Å². The number of nitrogens with zero attached hydrogens (tertiary/aromatic N) is 4. The molecule has 1 aromatic carbocycles. The van der Waals surface area contributed by atoms with Crippen molar-refractivity contribution < 1.29 is 23.9 Å². The molecule has 0 unspecified atom stereocenters. The van der Waals surface area contributed by atoms with E-state index in [4.69, 9.17) is 9.47 Å². The molecule has 0 saturated carbocycles. The van der Waals surface area contributed by atoms with E-state index in [-0.39, 0.29) is 37.2 Å². The Morgan fingerprint density at radius 3 is 2.58 bits per heavy atom. The average molecular weight is 543 g/mol. The molecule has 2 aliphatic rings. The third-order valence-electron chi connectivity index (χ3n) is 7.00. The molecule has 208 valence electrons. The first kappa shape index (κ1) is 28.2. The first-order valence-electron chi connectivity index (χ1n) is 13.6. The lowest BCUT2D eigenvalue weighted by Gasteiger charge is -2.35. The second-order valence-corrected chi connectivity index (χ2v) is 18.1. The maximum absolute atomic E-state index is 13.4. The smallest absolute Gasteiger partial charge is 0.410 e. The van der Waals surface area contributed by atoms with Crippen molar-refractivity contribution in [2.24, 2.45) is 0 Å². The average Bonchev–Trinajstić information content (AvgIpc) is 3.26. The van der Waals surface area contributed by atoms with Crippen LogP contribution in [0.15, 0.2) is 30.5 Å². The minimum atomic E-state index is -1.26. The van der Waals surface area contributed by atoms with Crippen LogP contribution < -0.4 is 4.90 Å². The highest BCUT2D eigenvalue weighted by Crippen LogP contribution is 2.34. The van der Waals surface area contributed by atoms with Crippen LogP contribution in [0.1, 0.15) is 46.1 Å². The molecule has 4 rings (SSSR count). The van der Waals surface area contributed by atoms with Gasteiger partial charge in [0.05, 0.1) is 17.2 Å². The summed E-state index contributed by atoms with van der Waals surface area (Å²) in [6.07, 6.45) is 3.85. The van der Waals surface area contributed by atoms with E-state index in [1.54, 1.807) is 9.80 Å². The Labute approximate surface area is 226 Å². The van der Waals surface area contributed by atoms with E-state index >= 15 is 0 Å². The number of ether oxygens (including phenoxy) is 2. The number of hydrogen-bond acceptors (Lipinski definition) is 5. The summed E-state index contributed by atoms with van der Waals surface area (Å²) >= 11 is 0. The third-order valence-corrected chi connectivity index (χ3v) is 8.71. The van der Waals surface area contributed by atoms with Gasteiger partial charge in [0, 0.05) is 52.3 Å². The fraction of sp³-hybridized carbons (Fsp3) is 0.607. The first-order chi connectivity index (χ1) is 17.8. The predicted octanol–water partition coefficient (Wildman–Crippen LogP) is 5.68. The molecule has 1 aromatic heterocycles. The molecule has 2 fully saturated rings. The quantitative estimate of drug-likeness (QED) is 0.332. The van der Waals surface area contributed by atoms with Gasteiger partial charge in [-0.25, -0.2) is 14.5 Å². The number of carbonyl (C=O) groups excluding carboxylic acids is 3. The van der Waals surface area contributed by atoms with Crippen LogP contribution in [0.2, 0.25) is 25.7 Å². The summed E-state index contributed by atoms with van der Waals surface area (Å²) in [5, 5.41) is 0.948. The minimum Gasteiger partial charge on any atom is -0.444 e. The molecular formula is C28H42N4O5Si. The molecule has 0 N–H and O–H groups in total. The lowest BCUT2D eigenvalue weighted by molar-refractivity contribution is -0.133. The standard InChI is InChI=1S/C28H42N4O5Si/c1-28(2,3)37-27(35)29-14-8-9-21(19-29)30-15-12-22-23(30)10-7-11-24(22)31-16-13-25(33)32(26(31)34)20-36-17-18-38(4,5)6/h7,10-12,15,21H,8-9,13-14,16-20H2,1-6H3/t21-/m0/s1. The summed E-state index contributed by atoms with van der Waals surface area (Å²) in [7, 11) is -1.26. The van der Waals surface area contributed by atoms with Gasteiger partial charge in [-0.05, 0) is 57.9 Å². The van der Waals surface area contributed by atoms with Crippen LogP contribution in [0, 0.1) is 0 Å². The van der Waals surface area contributed by atoms with Crippen LogP contribution in [-0.2, 0) is 14.3 Å². The van der Waals surface area contributed by atoms with E-state index in [0.717, 1.165) is 35.5 Å². The van der Waals surface area contributed by atoms with E-state index < -0.39 is 13.7 Å². The fourth-order valence-corrected chi connectivity index (χ4v) is 5.73. The number of urea groups is 1. The van der Waals surface area contributed by atoms with Crippen LogP contribution in [0.3, 0.4) is 0 Å². The second-order valence-electron chi connectivity index (χ2n) is 12.5. The summed E-state index contributed by atoms with van der Waals surface area (Å²) < 4.78 is 13.6. The molecule has 2 aromatic rings. The molecule has 2 aliphatic heterocycles. The summed E-state index contributed by atoms with van der Waals surface area (Å²) in [6.45, 7) is 14.6. The molecule has 9 nitrogen and oxygen atoms in total. The molecule has 0 bridgehead atoms. The molecule has 1 atom stereocenters. The second kappa shape index (κ2) is 11.1. The largest absolute Gasteiger partial charge is 0.444 e. The van der Waals surface area contributed by atoms with Gasteiger partial charge in [-0.2, -0.15) is 0 Å². The number of hydrogen-bond donors (Lipinski definition) is 0. The summed E-state index contributed by atoms with van der Waals surface area (Å²) in [5.41, 5.74) is 1.25. The lowest BCUT2D eigenvalue weighted by atomic mass is 10.1. The van der Waals surface area contributed by atoms with E-state index in [9.17, 15) is 14.4 Å². The molecule has 0 radical (unpaired) electrons. The lowest BCUT2D eigenvalue weighted by Crippen LogP contribution is -2.53. The van der Waals surface area contributed by atoms with Gasteiger partial charge in [0.1, 0.15) is 12.3 Å². The summed E-state index contributed by atoms with van der Waals surface area (Å²) in [5.74, 6) is -0.201. The minimum absolute atomic E-state index is 0.0157. The Morgan fingerprint density at radius 1 is 1.11 bits per heavy atom. The van der Waals surface area contributed by atoms with Gasteiger partial charge in [0.2, 0.25) is 5.91 Å². The number of likely N-dealkylation sites (tertiary alicyclic amines) is 1. The predicted molar refractivity (Wildman–Crippen MR) is 151 cm³/mol. The number of carbonyl (C=O) groups is 3. The van der Waals surface area contributed by atoms with Crippen molar-refractivity contribution in [3.8, 4) is 0 Å². The van der Waals surface area contributed by atoms with Gasteiger partial charge in [-0.15, -0.1) is 0 Å². The van der Waals surface area contributed by atoms with E-state index in [1.807, 2.05) is 51.2 Å². The Hall–Kier alpha value is -2.85. The summed E-state index contributed by atoms with van der Waals surface area (Å²) in [6, 6.07) is 8.69. The highest BCUT2D eigenvalue weighted by Gasteiger charge is 2.34. The Kier molecular flexibility index (Phi) is 8.22. The van der Waals surface area contributed by atoms with Gasteiger partial charge in [0.15, 0.2) is 0 Å². The molecule has 10 heteroatoms. The number of fused-ring (bicyclic) bond motifs is 1. The maximum atomic E-state index is 13.4. The normalized spacial score (nSPS) is 19.4. The zero-order chi connectivity index (χ0) is 27.7. The number of piperidine rings is 1. The van der Waals surface area contributed by atoms with Crippen LogP contribution in [-0.4, -0.2) is 79.0 Å². The van der Waals surface area contributed by atoms with Gasteiger partial charge in [-0.1, -0.05) is 25.7 Å². The number of amides is 4. The Bertz CT molecular complexity index is 1180. The number of benzene rings is 1. The molecule has 38 heavy (non-hydrogen) atoms. The van der Waals surface area contributed by atoms with E-state index in [2.05, 4.69) is 24.2 Å². The van der Waals surface area contributed by atoms with Crippen molar-refractivity contribution in [1.82, 2.24) is 14.4 Å². The highest BCUT2D eigenvalue weighted by atomic mass is 28.3. The van der Waals surface area contributed by atoms with Gasteiger partial charge in [0.25, 0.3) is 0 Å². The topological polar surface area (TPSA) is 84.3 Å². The van der Waals surface area contributed by atoms with E-state index in [0.29, 0.717) is 26.2 Å². The van der Waals surface area contributed by atoms with Crippen molar-refractivity contribution in [3.63, 3.8) is 0 Å². The van der Waals surface area contributed by atoms with Crippen LogP contribution >= 0.6 is 0 Å². The molecule has 2 saturated heterocycles. The molecule has 0 spiro atoms. The van der Waals surface area contributed by atoms with Crippen LogP contribution in [0.4, 0.5) is 15.3 Å². The zero-order valence-corrected chi connectivity index (χ0v) is 24.7. The van der Waals surface area contributed by atoms with Gasteiger partial charge in [-0.3, -0.25) is 9.69 Å². The number of imide groups is 1. The zero-order valence-electron chi connectivity index (χ0n) is 23.7.